The molecule has 3 N–H and O–H groups in total. The molecule has 4 bridgehead atoms. The first-order chi connectivity index (χ1) is 10.0. The Kier molecular flexibility index (Phi) is 2.82. The summed E-state index contributed by atoms with van der Waals surface area (Å²) in [6.45, 7) is 1.57. The molecule has 0 aliphatic heterocycles. The molecule has 4 saturated carbocycles. The molecule has 4 aliphatic rings. The van der Waals surface area contributed by atoms with Crippen molar-refractivity contribution in [3.8, 4) is 0 Å². The third-order valence-corrected chi connectivity index (χ3v) is 5.88. The van der Waals surface area contributed by atoms with Gasteiger partial charge in [-0.3, -0.25) is 4.79 Å². The summed E-state index contributed by atoms with van der Waals surface area (Å²) in [5.41, 5.74) is 8.63. The van der Waals surface area contributed by atoms with Crippen molar-refractivity contribution in [1.82, 2.24) is 0 Å². The zero-order chi connectivity index (χ0) is 14.6. The lowest BCUT2D eigenvalue weighted by Crippen LogP contribution is -2.54. The molecule has 0 amide bonds. The highest BCUT2D eigenvalue weighted by Gasteiger charge is 2.50. The average Bonchev–Trinajstić information content (AvgIpc) is 2.35. The summed E-state index contributed by atoms with van der Waals surface area (Å²) >= 11 is 0. The van der Waals surface area contributed by atoms with Crippen LogP contribution in [0.1, 0.15) is 55.8 Å². The number of carbonyl (C=O) groups is 1. The van der Waals surface area contributed by atoms with Gasteiger partial charge < -0.3 is 11.1 Å². The van der Waals surface area contributed by atoms with Gasteiger partial charge in [0.2, 0.25) is 0 Å². The number of nitrogens with two attached hydrogens (primary N) is 1. The van der Waals surface area contributed by atoms with Crippen LogP contribution < -0.4 is 11.1 Å². The monoisotopic (exact) mass is 284 g/mol. The number of Topliss-reactive ketones (excluding diaryl/α,β-unsaturated/α-hetero) is 1. The van der Waals surface area contributed by atoms with Gasteiger partial charge in [-0.1, -0.05) is 0 Å². The van der Waals surface area contributed by atoms with E-state index in [-0.39, 0.29) is 5.78 Å². The minimum absolute atomic E-state index is 0.0360. The van der Waals surface area contributed by atoms with E-state index in [1.165, 1.54) is 38.5 Å². The molecule has 112 valence electrons. The highest BCUT2D eigenvalue weighted by molar-refractivity contribution is 5.99. The fraction of sp³-hybridized carbons (Fsp3) is 0.611. The van der Waals surface area contributed by atoms with Gasteiger partial charge in [-0.2, -0.15) is 0 Å². The predicted molar refractivity (Wildman–Crippen MR) is 85.4 cm³/mol. The van der Waals surface area contributed by atoms with Gasteiger partial charge in [0, 0.05) is 22.5 Å². The van der Waals surface area contributed by atoms with Crippen LogP contribution in [0.5, 0.6) is 0 Å². The fourth-order valence-electron chi connectivity index (χ4n) is 5.53. The molecule has 0 spiro atoms. The third kappa shape index (κ3) is 2.23. The van der Waals surface area contributed by atoms with E-state index in [2.05, 4.69) is 5.32 Å². The van der Waals surface area contributed by atoms with Crippen molar-refractivity contribution < 1.29 is 4.79 Å². The summed E-state index contributed by atoms with van der Waals surface area (Å²) in [5, 5.41) is 3.80. The molecule has 3 heteroatoms. The number of hydrogen-bond acceptors (Lipinski definition) is 3. The van der Waals surface area contributed by atoms with Crippen LogP contribution >= 0.6 is 0 Å². The van der Waals surface area contributed by atoms with Gasteiger partial charge in [0.05, 0.1) is 0 Å². The third-order valence-electron chi connectivity index (χ3n) is 5.88. The molecule has 4 aliphatic carbocycles. The van der Waals surface area contributed by atoms with E-state index in [0.717, 1.165) is 23.4 Å². The molecule has 21 heavy (non-hydrogen) atoms. The van der Waals surface area contributed by atoms with Crippen LogP contribution in [0, 0.1) is 17.8 Å². The maximum absolute atomic E-state index is 11.5. The first-order valence-electron chi connectivity index (χ1n) is 8.22. The second kappa shape index (κ2) is 4.49. The van der Waals surface area contributed by atoms with Crippen molar-refractivity contribution in [3.63, 3.8) is 0 Å². The number of rotatable bonds is 3. The molecule has 0 heterocycles. The van der Waals surface area contributed by atoms with E-state index in [9.17, 15) is 4.79 Å². The van der Waals surface area contributed by atoms with Crippen molar-refractivity contribution in [1.29, 1.82) is 0 Å². The standard InChI is InChI=1S/C18H24N2O/c1-11(21)16-3-2-15(7-17(16)19)20-18-8-12-4-13(9-18)6-14(5-12)10-18/h2-3,7,12-14,20H,4-6,8-10,19H2,1H3. The van der Waals surface area contributed by atoms with E-state index >= 15 is 0 Å². The van der Waals surface area contributed by atoms with Crippen LogP contribution in [0.4, 0.5) is 11.4 Å². The number of anilines is 2. The van der Waals surface area contributed by atoms with Crippen LogP contribution in [-0.4, -0.2) is 11.3 Å². The Morgan fingerprint density at radius 2 is 1.71 bits per heavy atom. The van der Waals surface area contributed by atoms with E-state index in [0.29, 0.717) is 16.8 Å². The molecule has 3 nitrogen and oxygen atoms in total. The van der Waals surface area contributed by atoms with Crippen LogP contribution in [0.3, 0.4) is 0 Å². The molecule has 1 aromatic rings. The Bertz CT molecular complexity index is 558. The Morgan fingerprint density at radius 1 is 1.14 bits per heavy atom. The van der Waals surface area contributed by atoms with Crippen molar-refractivity contribution in [3.05, 3.63) is 23.8 Å². The Labute approximate surface area is 126 Å². The van der Waals surface area contributed by atoms with Gasteiger partial charge >= 0.3 is 0 Å². The molecular weight excluding hydrogens is 260 g/mol. The number of nitrogens with one attached hydrogen (secondary N) is 1. The number of benzene rings is 1. The fourth-order valence-corrected chi connectivity index (χ4v) is 5.53. The molecule has 5 rings (SSSR count). The largest absolute Gasteiger partial charge is 0.398 e. The van der Waals surface area contributed by atoms with E-state index in [4.69, 9.17) is 5.73 Å². The van der Waals surface area contributed by atoms with Crippen LogP contribution in [0.15, 0.2) is 18.2 Å². The van der Waals surface area contributed by atoms with E-state index in [1.807, 2.05) is 18.2 Å². The summed E-state index contributed by atoms with van der Waals surface area (Å²) < 4.78 is 0. The summed E-state index contributed by atoms with van der Waals surface area (Å²) in [6.07, 6.45) is 8.29. The van der Waals surface area contributed by atoms with Crippen molar-refractivity contribution in [2.24, 2.45) is 17.8 Å². The summed E-state index contributed by atoms with van der Waals surface area (Å²) in [5.74, 6) is 2.82. The quantitative estimate of drug-likeness (QED) is 0.654. The maximum atomic E-state index is 11.5. The van der Waals surface area contributed by atoms with Crippen LogP contribution in [0.25, 0.3) is 0 Å². The smallest absolute Gasteiger partial charge is 0.161 e. The molecule has 0 saturated heterocycles. The lowest BCUT2D eigenvalue weighted by molar-refractivity contribution is 0.0107. The Hall–Kier alpha value is -1.51. The minimum Gasteiger partial charge on any atom is -0.398 e. The topological polar surface area (TPSA) is 55.1 Å². The van der Waals surface area contributed by atoms with Gasteiger partial charge in [-0.25, -0.2) is 0 Å². The highest BCUT2D eigenvalue weighted by Crippen LogP contribution is 2.56. The minimum atomic E-state index is 0.0360. The van der Waals surface area contributed by atoms with Gasteiger partial charge in [0.15, 0.2) is 5.78 Å². The van der Waals surface area contributed by atoms with Gasteiger partial charge in [0.1, 0.15) is 0 Å². The lowest BCUT2D eigenvalue weighted by Gasteiger charge is -2.57. The van der Waals surface area contributed by atoms with E-state index in [1.54, 1.807) is 6.92 Å². The van der Waals surface area contributed by atoms with Crippen LogP contribution in [-0.2, 0) is 0 Å². The van der Waals surface area contributed by atoms with Crippen LogP contribution in [0.2, 0.25) is 0 Å². The first kappa shape index (κ1) is 13.2. The summed E-state index contributed by atoms with van der Waals surface area (Å²) in [4.78, 5) is 11.5. The second-order valence-electron chi connectivity index (χ2n) is 7.68. The summed E-state index contributed by atoms with van der Waals surface area (Å²) in [7, 11) is 0. The second-order valence-corrected chi connectivity index (χ2v) is 7.68. The molecule has 0 radical (unpaired) electrons. The highest BCUT2D eigenvalue weighted by atomic mass is 16.1. The maximum Gasteiger partial charge on any atom is 0.161 e. The van der Waals surface area contributed by atoms with Gasteiger partial charge in [0.25, 0.3) is 0 Å². The number of ketones is 1. The molecule has 4 fully saturated rings. The lowest BCUT2D eigenvalue weighted by atomic mass is 9.53. The Balaban J connectivity index is 1.58. The molecule has 0 unspecified atom stereocenters. The molecular formula is C18H24N2O. The SMILES string of the molecule is CC(=O)c1ccc(NC23CC4CC(CC(C4)C2)C3)cc1N. The molecule has 0 aromatic heterocycles. The number of carbonyl (C=O) groups excluding carboxylic acids is 1. The van der Waals surface area contributed by atoms with Crippen molar-refractivity contribution >= 4 is 17.2 Å². The molecule has 1 aromatic carbocycles. The zero-order valence-electron chi connectivity index (χ0n) is 12.7. The van der Waals surface area contributed by atoms with Crippen molar-refractivity contribution in [2.75, 3.05) is 11.1 Å². The number of hydrogen-bond donors (Lipinski definition) is 2. The normalized spacial score (nSPS) is 36.7. The first-order valence-corrected chi connectivity index (χ1v) is 8.22. The van der Waals surface area contributed by atoms with Gasteiger partial charge in [-0.15, -0.1) is 0 Å². The van der Waals surface area contributed by atoms with E-state index < -0.39 is 0 Å². The summed E-state index contributed by atoms with van der Waals surface area (Å²) in [6, 6.07) is 5.82. The van der Waals surface area contributed by atoms with Gasteiger partial charge in [-0.05, 0) is 81.4 Å². The Morgan fingerprint density at radius 3 is 2.19 bits per heavy atom. The average molecular weight is 284 g/mol. The van der Waals surface area contributed by atoms with Crippen molar-refractivity contribution in [2.45, 2.75) is 51.0 Å². The molecule has 0 atom stereocenters. The number of nitrogen functional groups attached to an aromatic ring is 1. The zero-order valence-corrected chi connectivity index (χ0v) is 12.7. The predicted octanol–water partition coefficient (Wildman–Crippen LogP) is 3.85.